The van der Waals surface area contributed by atoms with Crippen molar-refractivity contribution < 1.29 is 22.7 Å². The fourth-order valence-electron chi connectivity index (χ4n) is 5.07. The van der Waals surface area contributed by atoms with Crippen molar-refractivity contribution in [2.45, 2.75) is 44.2 Å². The summed E-state index contributed by atoms with van der Waals surface area (Å²) in [6.07, 6.45) is -3.90. The molecule has 0 aliphatic carbocycles. The van der Waals surface area contributed by atoms with Crippen LogP contribution in [0.5, 0.6) is 0 Å². The average Bonchev–Trinajstić information content (AvgIpc) is 2.88. The van der Waals surface area contributed by atoms with Crippen molar-refractivity contribution in [2.24, 2.45) is 0 Å². The second-order valence-electron chi connectivity index (χ2n) is 9.92. The molecule has 2 aliphatic rings. The van der Waals surface area contributed by atoms with E-state index in [1.807, 2.05) is 30.3 Å². The van der Waals surface area contributed by atoms with Crippen molar-refractivity contribution >= 4 is 23.2 Å². The van der Waals surface area contributed by atoms with E-state index in [4.69, 9.17) is 22.1 Å². The Hall–Kier alpha value is -2.33. The van der Waals surface area contributed by atoms with Crippen LogP contribution in [0, 0.1) is 0 Å². The third-order valence-electron chi connectivity index (χ3n) is 7.32. The van der Waals surface area contributed by atoms with Gasteiger partial charge in [0.1, 0.15) is 6.10 Å². The summed E-state index contributed by atoms with van der Waals surface area (Å²) >= 11 is 6.04. The largest absolute Gasteiger partial charge is 0.418 e. The van der Waals surface area contributed by atoms with Crippen LogP contribution >= 0.6 is 11.6 Å². The van der Waals surface area contributed by atoms with Gasteiger partial charge < -0.3 is 20.3 Å². The summed E-state index contributed by atoms with van der Waals surface area (Å²) in [5.41, 5.74) is 5.21. The number of nitrogens with two attached hydrogens (primary N) is 1. The maximum atomic E-state index is 13.6. The lowest BCUT2D eigenvalue weighted by Gasteiger charge is -2.42. The Morgan fingerprint density at radius 1 is 1.05 bits per heavy atom. The predicted molar refractivity (Wildman–Crippen MR) is 138 cm³/mol. The number of likely N-dealkylation sites (tertiary alicyclic amines) is 1. The van der Waals surface area contributed by atoms with Crippen molar-refractivity contribution in [3.05, 3.63) is 64.2 Å². The number of halogens is 4. The third-order valence-corrected chi connectivity index (χ3v) is 7.63. The van der Waals surface area contributed by atoms with Gasteiger partial charge in [-0.2, -0.15) is 13.2 Å². The number of benzene rings is 2. The highest BCUT2D eigenvalue weighted by Gasteiger charge is 2.36. The molecule has 4 rings (SSSR count). The maximum absolute atomic E-state index is 13.6. The molecule has 2 aliphatic heterocycles. The van der Waals surface area contributed by atoms with Gasteiger partial charge in [0, 0.05) is 51.7 Å². The molecule has 1 atom stereocenters. The number of hydrogen-bond acceptors (Lipinski definition) is 5. The summed E-state index contributed by atoms with van der Waals surface area (Å²) in [7, 11) is 2.13. The van der Waals surface area contributed by atoms with Crippen molar-refractivity contribution in [1.82, 2.24) is 14.7 Å². The van der Waals surface area contributed by atoms with E-state index in [-0.39, 0.29) is 29.5 Å². The molecule has 2 fully saturated rings. The number of anilines is 1. The lowest BCUT2D eigenvalue weighted by atomic mass is 9.99. The quantitative estimate of drug-likeness (QED) is 0.532. The Labute approximate surface area is 221 Å². The number of rotatable bonds is 7. The van der Waals surface area contributed by atoms with Gasteiger partial charge in [-0.05, 0) is 43.1 Å². The monoisotopic (exact) mass is 538 g/mol. The van der Waals surface area contributed by atoms with Gasteiger partial charge in [0.05, 0.1) is 22.9 Å². The second-order valence-corrected chi connectivity index (χ2v) is 10.3. The van der Waals surface area contributed by atoms with Crippen LogP contribution in [-0.4, -0.2) is 79.1 Å². The Morgan fingerprint density at radius 2 is 1.70 bits per heavy atom. The lowest BCUT2D eigenvalue weighted by Crippen LogP contribution is -2.54. The molecule has 2 aromatic rings. The number of carbonyl (C=O) groups is 1. The molecule has 0 spiro atoms. The van der Waals surface area contributed by atoms with Gasteiger partial charge in [-0.3, -0.25) is 9.69 Å². The van der Waals surface area contributed by atoms with Gasteiger partial charge in [0.2, 0.25) is 0 Å². The van der Waals surface area contributed by atoms with E-state index in [0.717, 1.165) is 50.7 Å². The maximum Gasteiger partial charge on any atom is 0.418 e. The summed E-state index contributed by atoms with van der Waals surface area (Å²) in [4.78, 5) is 20.2. The number of alkyl halides is 3. The number of amides is 1. The number of carbonyl (C=O) groups excluding carboxylic acids is 1. The number of piperidine rings is 1. The minimum Gasteiger partial charge on any atom is -0.397 e. The molecule has 202 valence electrons. The van der Waals surface area contributed by atoms with Crippen LogP contribution in [0.2, 0.25) is 5.02 Å². The van der Waals surface area contributed by atoms with E-state index in [1.54, 1.807) is 4.90 Å². The molecule has 0 aromatic heterocycles. The summed E-state index contributed by atoms with van der Waals surface area (Å²) in [6, 6.07) is 12.2. The van der Waals surface area contributed by atoms with Crippen LogP contribution in [-0.2, 0) is 28.7 Å². The van der Waals surface area contributed by atoms with Gasteiger partial charge in [0.25, 0.3) is 5.91 Å². The zero-order valence-corrected chi connectivity index (χ0v) is 21.8. The Balaban J connectivity index is 1.47. The van der Waals surface area contributed by atoms with Crippen molar-refractivity contribution in [1.29, 1.82) is 0 Å². The van der Waals surface area contributed by atoms with Crippen LogP contribution < -0.4 is 5.73 Å². The predicted octanol–water partition coefficient (Wildman–Crippen LogP) is 4.31. The Kier molecular flexibility index (Phi) is 9.00. The van der Waals surface area contributed by atoms with E-state index in [9.17, 15) is 18.0 Å². The number of nitrogen functional groups attached to an aromatic ring is 1. The van der Waals surface area contributed by atoms with Crippen LogP contribution in [0.4, 0.5) is 18.9 Å². The molecule has 2 heterocycles. The SMILES string of the molecule is CN1CCN(C2CCN(C(=O)C(Cc3cc(Cl)c(N)c(C(F)(F)F)c3)OCc3ccccc3)CC2)CC1. The number of likely N-dealkylation sites (N-methyl/N-ethyl adjacent to an activating group) is 1. The van der Waals surface area contributed by atoms with Gasteiger partial charge >= 0.3 is 6.18 Å². The Morgan fingerprint density at radius 3 is 2.32 bits per heavy atom. The first-order valence-electron chi connectivity index (χ1n) is 12.6. The molecule has 2 N–H and O–H groups in total. The van der Waals surface area contributed by atoms with Crippen LogP contribution in [0.25, 0.3) is 0 Å². The molecule has 0 saturated carbocycles. The van der Waals surface area contributed by atoms with E-state index in [0.29, 0.717) is 19.1 Å². The minimum absolute atomic E-state index is 0.0346. The van der Waals surface area contributed by atoms with Gasteiger partial charge in [-0.15, -0.1) is 0 Å². The smallest absolute Gasteiger partial charge is 0.397 e. The molecule has 2 aromatic carbocycles. The summed E-state index contributed by atoms with van der Waals surface area (Å²) in [5, 5.41) is -0.188. The first kappa shape index (κ1) is 27.7. The van der Waals surface area contributed by atoms with Crippen LogP contribution in [0.15, 0.2) is 42.5 Å². The molecule has 0 bridgehead atoms. The van der Waals surface area contributed by atoms with Crippen LogP contribution in [0.1, 0.15) is 29.5 Å². The molecular formula is C27H34ClF3N4O2. The Bertz CT molecular complexity index is 1050. The molecular weight excluding hydrogens is 505 g/mol. The van der Waals surface area contributed by atoms with E-state index in [2.05, 4.69) is 16.8 Å². The van der Waals surface area contributed by atoms with Gasteiger partial charge in [-0.1, -0.05) is 41.9 Å². The van der Waals surface area contributed by atoms with Crippen LogP contribution in [0.3, 0.4) is 0 Å². The normalized spacial score (nSPS) is 19.2. The zero-order valence-electron chi connectivity index (χ0n) is 21.0. The molecule has 37 heavy (non-hydrogen) atoms. The van der Waals surface area contributed by atoms with Crippen molar-refractivity contribution in [2.75, 3.05) is 52.0 Å². The van der Waals surface area contributed by atoms with Gasteiger partial charge in [0.15, 0.2) is 0 Å². The summed E-state index contributed by atoms with van der Waals surface area (Å²) in [5.74, 6) is -0.214. The number of ether oxygens (including phenoxy) is 1. The van der Waals surface area contributed by atoms with Crippen molar-refractivity contribution in [3.8, 4) is 0 Å². The molecule has 2 saturated heterocycles. The number of nitrogens with zero attached hydrogens (tertiary/aromatic N) is 3. The second kappa shape index (κ2) is 12.0. The number of hydrogen-bond donors (Lipinski definition) is 1. The highest BCUT2D eigenvalue weighted by molar-refractivity contribution is 6.33. The zero-order chi connectivity index (χ0) is 26.6. The number of piperazine rings is 1. The van der Waals surface area contributed by atoms with Gasteiger partial charge in [-0.25, -0.2) is 0 Å². The van der Waals surface area contributed by atoms with Crippen molar-refractivity contribution in [3.63, 3.8) is 0 Å². The van der Waals surface area contributed by atoms with E-state index >= 15 is 0 Å². The minimum atomic E-state index is -4.65. The molecule has 10 heteroatoms. The molecule has 1 amide bonds. The molecule has 1 unspecified atom stereocenters. The first-order valence-corrected chi connectivity index (χ1v) is 13.0. The standard InChI is InChI=1S/C27H34ClF3N4O2/c1-33-11-13-34(14-12-33)21-7-9-35(10-8-21)26(36)24(37-18-19-5-3-2-4-6-19)17-20-15-22(27(29,30)31)25(32)23(28)16-20/h2-6,15-16,21,24H,7-14,17-18,32H2,1H3. The lowest BCUT2D eigenvalue weighted by molar-refractivity contribution is -0.146. The fourth-order valence-corrected chi connectivity index (χ4v) is 5.31. The first-order chi connectivity index (χ1) is 17.6. The summed E-state index contributed by atoms with van der Waals surface area (Å²) in [6.45, 7) is 5.49. The third kappa shape index (κ3) is 7.16. The van der Waals surface area contributed by atoms with E-state index in [1.165, 1.54) is 6.07 Å². The highest BCUT2D eigenvalue weighted by atomic mass is 35.5. The highest BCUT2D eigenvalue weighted by Crippen LogP contribution is 2.38. The summed E-state index contributed by atoms with van der Waals surface area (Å²) < 4.78 is 46.6. The topological polar surface area (TPSA) is 62.0 Å². The van der Waals surface area contributed by atoms with E-state index < -0.39 is 23.5 Å². The average molecular weight is 539 g/mol. The molecule has 0 radical (unpaired) electrons. The fraction of sp³-hybridized carbons (Fsp3) is 0.519. The molecule has 6 nitrogen and oxygen atoms in total.